The molecule has 4 nitrogen and oxygen atoms in total. The normalized spacial score (nSPS) is 10.1. The zero-order chi connectivity index (χ0) is 16.1. The topological polar surface area (TPSA) is 49.4 Å². The molecule has 0 unspecified atom stereocenters. The van der Waals surface area contributed by atoms with Gasteiger partial charge < -0.3 is 10.2 Å². The van der Waals surface area contributed by atoms with E-state index in [1.807, 2.05) is 36.4 Å². The van der Waals surface area contributed by atoms with Crippen LogP contribution in [0.1, 0.15) is 22.8 Å². The molecule has 0 heterocycles. The highest BCUT2D eigenvalue weighted by molar-refractivity contribution is 9.10. The number of halogens is 1. The average molecular weight is 361 g/mol. The third-order valence-corrected chi connectivity index (χ3v) is 3.72. The number of rotatable bonds is 4. The molecule has 0 aliphatic carbocycles. The third kappa shape index (κ3) is 4.43. The Labute approximate surface area is 138 Å². The van der Waals surface area contributed by atoms with E-state index in [4.69, 9.17) is 0 Å². The van der Waals surface area contributed by atoms with Gasteiger partial charge in [-0.1, -0.05) is 34.1 Å². The van der Waals surface area contributed by atoms with Gasteiger partial charge in [0.15, 0.2) is 0 Å². The number of nitrogens with one attached hydrogen (secondary N) is 1. The van der Waals surface area contributed by atoms with Crippen LogP contribution in [0.4, 0.5) is 5.69 Å². The van der Waals surface area contributed by atoms with E-state index in [0.717, 1.165) is 10.0 Å². The van der Waals surface area contributed by atoms with Crippen molar-refractivity contribution in [1.82, 2.24) is 4.90 Å². The maximum atomic E-state index is 12.2. The molecule has 0 fully saturated rings. The van der Waals surface area contributed by atoms with Gasteiger partial charge in [0.05, 0.1) is 0 Å². The van der Waals surface area contributed by atoms with E-state index < -0.39 is 0 Å². The quantitative estimate of drug-likeness (QED) is 0.903. The Hall–Kier alpha value is -2.14. The van der Waals surface area contributed by atoms with Gasteiger partial charge in [0.1, 0.15) is 0 Å². The monoisotopic (exact) mass is 360 g/mol. The SMILES string of the molecule is CC(=O)N(C)Cc1cccc(NC(=O)c2cccc(Br)c2)c1. The first kappa shape index (κ1) is 16.2. The van der Waals surface area contributed by atoms with Crippen LogP contribution in [0.2, 0.25) is 0 Å². The molecule has 0 aliphatic rings. The molecule has 2 aromatic carbocycles. The fourth-order valence-corrected chi connectivity index (χ4v) is 2.36. The van der Waals surface area contributed by atoms with E-state index in [2.05, 4.69) is 21.2 Å². The van der Waals surface area contributed by atoms with E-state index in [1.165, 1.54) is 6.92 Å². The van der Waals surface area contributed by atoms with Crippen LogP contribution in [0.25, 0.3) is 0 Å². The number of amides is 2. The van der Waals surface area contributed by atoms with Crippen molar-refractivity contribution in [1.29, 1.82) is 0 Å². The molecule has 1 N–H and O–H groups in total. The second-order valence-electron chi connectivity index (χ2n) is 5.04. The number of nitrogens with zero attached hydrogens (tertiary/aromatic N) is 1. The summed E-state index contributed by atoms with van der Waals surface area (Å²) in [6.45, 7) is 2.04. The van der Waals surface area contributed by atoms with Crippen molar-refractivity contribution in [2.24, 2.45) is 0 Å². The fourth-order valence-electron chi connectivity index (χ4n) is 1.97. The van der Waals surface area contributed by atoms with Crippen LogP contribution in [0.3, 0.4) is 0 Å². The van der Waals surface area contributed by atoms with E-state index in [1.54, 1.807) is 24.1 Å². The van der Waals surface area contributed by atoms with Crippen LogP contribution in [-0.4, -0.2) is 23.8 Å². The predicted molar refractivity (Wildman–Crippen MR) is 90.7 cm³/mol. The molecule has 0 saturated carbocycles. The minimum absolute atomic E-state index is 0.00331. The Morgan fingerprint density at radius 1 is 1.14 bits per heavy atom. The number of hydrogen-bond acceptors (Lipinski definition) is 2. The van der Waals surface area contributed by atoms with Crippen molar-refractivity contribution >= 4 is 33.4 Å². The molecule has 2 amide bonds. The highest BCUT2D eigenvalue weighted by Gasteiger charge is 2.08. The molecule has 22 heavy (non-hydrogen) atoms. The number of carbonyl (C=O) groups is 2. The van der Waals surface area contributed by atoms with Crippen molar-refractivity contribution in [3.05, 3.63) is 64.1 Å². The van der Waals surface area contributed by atoms with Crippen LogP contribution < -0.4 is 5.32 Å². The molecule has 0 atom stereocenters. The summed E-state index contributed by atoms with van der Waals surface area (Å²) in [5.41, 5.74) is 2.25. The largest absolute Gasteiger partial charge is 0.342 e. The molecular weight excluding hydrogens is 344 g/mol. The van der Waals surface area contributed by atoms with Gasteiger partial charge >= 0.3 is 0 Å². The van der Waals surface area contributed by atoms with E-state index in [0.29, 0.717) is 17.8 Å². The standard InChI is InChI=1S/C17H17BrN2O2/c1-12(21)20(2)11-13-5-3-8-16(9-13)19-17(22)14-6-4-7-15(18)10-14/h3-10H,11H2,1-2H3,(H,19,22). The summed E-state index contributed by atoms with van der Waals surface area (Å²) in [6, 6.07) is 14.7. The van der Waals surface area contributed by atoms with Crippen LogP contribution in [0.5, 0.6) is 0 Å². The number of hydrogen-bond donors (Lipinski definition) is 1. The van der Waals surface area contributed by atoms with Gasteiger partial charge in [-0.15, -0.1) is 0 Å². The van der Waals surface area contributed by atoms with E-state index in [-0.39, 0.29) is 11.8 Å². The van der Waals surface area contributed by atoms with Gasteiger partial charge in [0.2, 0.25) is 5.91 Å². The summed E-state index contributed by atoms with van der Waals surface area (Å²) in [5, 5.41) is 2.87. The predicted octanol–water partition coefficient (Wildman–Crippen LogP) is 3.68. The summed E-state index contributed by atoms with van der Waals surface area (Å²) >= 11 is 3.35. The Morgan fingerprint density at radius 2 is 1.86 bits per heavy atom. The Morgan fingerprint density at radius 3 is 2.55 bits per heavy atom. The van der Waals surface area contributed by atoms with Gasteiger partial charge in [-0.25, -0.2) is 0 Å². The molecule has 2 rings (SSSR count). The summed E-state index contributed by atoms with van der Waals surface area (Å²) in [5.74, 6) is -0.165. The van der Waals surface area contributed by atoms with Crippen LogP contribution in [0.15, 0.2) is 53.0 Å². The third-order valence-electron chi connectivity index (χ3n) is 3.23. The van der Waals surface area contributed by atoms with Gasteiger partial charge in [-0.3, -0.25) is 9.59 Å². The lowest BCUT2D eigenvalue weighted by Gasteiger charge is -2.15. The second-order valence-corrected chi connectivity index (χ2v) is 5.96. The average Bonchev–Trinajstić information content (AvgIpc) is 2.47. The minimum Gasteiger partial charge on any atom is -0.342 e. The number of carbonyl (C=O) groups excluding carboxylic acids is 2. The van der Waals surface area contributed by atoms with Crippen molar-refractivity contribution in [3.8, 4) is 0 Å². The maximum absolute atomic E-state index is 12.2. The van der Waals surface area contributed by atoms with Crippen LogP contribution >= 0.6 is 15.9 Å². The zero-order valence-corrected chi connectivity index (χ0v) is 14.1. The number of benzene rings is 2. The fraction of sp³-hybridized carbons (Fsp3) is 0.176. The first-order valence-corrected chi connectivity index (χ1v) is 7.62. The minimum atomic E-state index is -0.168. The Kier molecular flexibility index (Phi) is 5.33. The van der Waals surface area contributed by atoms with Crippen LogP contribution in [-0.2, 0) is 11.3 Å². The van der Waals surface area contributed by atoms with Crippen molar-refractivity contribution in [3.63, 3.8) is 0 Å². The van der Waals surface area contributed by atoms with Gasteiger partial charge in [-0.05, 0) is 35.9 Å². The highest BCUT2D eigenvalue weighted by Crippen LogP contribution is 2.16. The first-order valence-electron chi connectivity index (χ1n) is 6.83. The number of anilines is 1. The molecule has 0 aromatic heterocycles. The summed E-state index contributed by atoms with van der Waals surface area (Å²) in [7, 11) is 1.75. The molecule has 0 spiro atoms. The Bertz CT molecular complexity index is 701. The molecule has 114 valence electrons. The van der Waals surface area contributed by atoms with E-state index >= 15 is 0 Å². The highest BCUT2D eigenvalue weighted by atomic mass is 79.9. The van der Waals surface area contributed by atoms with Crippen molar-refractivity contribution in [2.75, 3.05) is 12.4 Å². The lowest BCUT2D eigenvalue weighted by Crippen LogP contribution is -2.23. The molecule has 2 aromatic rings. The molecule has 0 bridgehead atoms. The summed E-state index contributed by atoms with van der Waals surface area (Å²) < 4.78 is 0.858. The van der Waals surface area contributed by atoms with Gasteiger partial charge in [0.25, 0.3) is 5.91 Å². The smallest absolute Gasteiger partial charge is 0.255 e. The van der Waals surface area contributed by atoms with Crippen molar-refractivity contribution < 1.29 is 9.59 Å². The lowest BCUT2D eigenvalue weighted by molar-refractivity contribution is -0.128. The molecule has 5 heteroatoms. The van der Waals surface area contributed by atoms with Gasteiger partial charge in [0, 0.05) is 36.2 Å². The second kappa shape index (κ2) is 7.22. The summed E-state index contributed by atoms with van der Waals surface area (Å²) in [4.78, 5) is 25.1. The molecule has 0 radical (unpaired) electrons. The first-order chi connectivity index (χ1) is 10.5. The summed E-state index contributed by atoms with van der Waals surface area (Å²) in [6.07, 6.45) is 0. The molecular formula is C17H17BrN2O2. The lowest BCUT2D eigenvalue weighted by atomic mass is 10.1. The van der Waals surface area contributed by atoms with E-state index in [9.17, 15) is 9.59 Å². The zero-order valence-electron chi connectivity index (χ0n) is 12.5. The van der Waals surface area contributed by atoms with Gasteiger partial charge in [-0.2, -0.15) is 0 Å². The van der Waals surface area contributed by atoms with Crippen LogP contribution in [0, 0.1) is 0 Å². The van der Waals surface area contributed by atoms with Crippen molar-refractivity contribution in [2.45, 2.75) is 13.5 Å². The molecule has 0 aliphatic heterocycles. The molecule has 0 saturated heterocycles. The maximum Gasteiger partial charge on any atom is 0.255 e. The Balaban J connectivity index is 2.10.